The Hall–Kier alpha value is -4.32. The largest absolute Gasteiger partial charge is 0.573 e. The Morgan fingerprint density at radius 3 is 2.60 bits per heavy atom. The molecule has 1 saturated carbocycles. The minimum Gasteiger partial charge on any atom is -0.406 e. The molecule has 3 aromatic carbocycles. The predicted octanol–water partition coefficient (Wildman–Crippen LogP) is 8.44. The molecule has 1 aromatic heterocycles. The lowest BCUT2D eigenvalue weighted by molar-refractivity contribution is -0.274. The summed E-state index contributed by atoms with van der Waals surface area (Å²) in [7, 11) is 0. The smallest absolute Gasteiger partial charge is 0.406 e. The molecule has 2 aliphatic rings. The van der Waals surface area contributed by atoms with Gasteiger partial charge in [-0.1, -0.05) is 67.9 Å². The molecule has 2 atom stereocenters. The van der Waals surface area contributed by atoms with E-state index in [0.29, 0.717) is 11.5 Å². The lowest BCUT2D eigenvalue weighted by atomic mass is 9.93. The number of ether oxygens (including phenoxy) is 1. The fraction of sp³-hybridized carbons (Fsp3) is 0.371. The van der Waals surface area contributed by atoms with Crippen molar-refractivity contribution in [2.24, 2.45) is 4.99 Å². The zero-order valence-electron chi connectivity index (χ0n) is 26.3. The molecule has 0 bridgehead atoms. The fourth-order valence-corrected chi connectivity index (χ4v) is 7.24. The lowest BCUT2D eigenvalue weighted by Gasteiger charge is -2.31. The molecule has 1 aliphatic heterocycles. The van der Waals surface area contributed by atoms with E-state index >= 15 is 0 Å². The van der Waals surface area contributed by atoms with Gasteiger partial charge in [0.1, 0.15) is 12.1 Å². The second-order valence-electron chi connectivity index (χ2n) is 11.9. The van der Waals surface area contributed by atoms with Gasteiger partial charge < -0.3 is 15.0 Å². The van der Waals surface area contributed by atoms with Crippen LogP contribution in [0.4, 0.5) is 23.7 Å². The van der Waals surface area contributed by atoms with Crippen molar-refractivity contribution in [3.8, 4) is 22.8 Å². The maximum atomic E-state index is 13.3. The first-order chi connectivity index (χ1) is 22.7. The number of anilines is 1. The Balaban J connectivity index is 1.12. The Morgan fingerprint density at radius 2 is 1.85 bits per heavy atom. The molecule has 1 saturated heterocycles. The number of nitrogens with zero attached hydrogens (tertiary/aromatic N) is 5. The third-order valence-electron chi connectivity index (χ3n) is 8.48. The molecule has 6 rings (SSSR count). The Kier molecular flexibility index (Phi) is 9.86. The maximum absolute atomic E-state index is 13.3. The molecule has 4 aromatic rings. The summed E-state index contributed by atoms with van der Waals surface area (Å²) in [6.07, 6.45) is 2.70. The average molecular weight is 663 g/mol. The van der Waals surface area contributed by atoms with Gasteiger partial charge >= 0.3 is 12.4 Å². The highest BCUT2D eigenvalue weighted by Crippen LogP contribution is 2.36. The van der Waals surface area contributed by atoms with Gasteiger partial charge in [-0.25, -0.2) is 14.5 Å². The number of rotatable bonds is 8. The first kappa shape index (κ1) is 32.6. The summed E-state index contributed by atoms with van der Waals surface area (Å²) < 4.78 is 42.9. The highest BCUT2D eigenvalue weighted by molar-refractivity contribution is 8.14. The Bertz CT molecular complexity index is 1720. The van der Waals surface area contributed by atoms with Crippen LogP contribution in [-0.4, -0.2) is 50.7 Å². The normalized spacial score (nSPS) is 19.3. The first-order valence-electron chi connectivity index (χ1n) is 15.9. The van der Waals surface area contributed by atoms with Crippen LogP contribution in [-0.2, 0) is 6.42 Å². The highest BCUT2D eigenvalue weighted by Gasteiger charge is 2.32. The van der Waals surface area contributed by atoms with Crippen LogP contribution >= 0.6 is 11.8 Å². The zero-order chi connectivity index (χ0) is 33.0. The van der Waals surface area contributed by atoms with Crippen molar-refractivity contribution in [3.05, 3.63) is 89.7 Å². The van der Waals surface area contributed by atoms with Crippen molar-refractivity contribution in [3.63, 3.8) is 0 Å². The van der Waals surface area contributed by atoms with E-state index < -0.39 is 6.36 Å². The Labute approximate surface area is 276 Å². The number of carbonyl (C=O) groups excluding carboxylic acids is 1. The fourth-order valence-electron chi connectivity index (χ4n) is 6.29. The minimum atomic E-state index is -4.75. The molecule has 1 aliphatic carbocycles. The first-order valence-corrected chi connectivity index (χ1v) is 16.9. The standard InChI is InChI=1S/C35H37F3N6O2S/c1-3-6-25-10-9-23(2)21-31(25)43-19-5-20-47-34(43)41-33(45)40-30-8-4-7-29(30)24-11-13-26(14-12-24)32-39-22-44(42-32)27-15-17-28(18-16-27)46-35(36,37)38/h9-18,21-22,29-30H,3-8,19-20H2,1-2H3,(H,40,45)/b41-34-. The van der Waals surface area contributed by atoms with Crippen molar-refractivity contribution >= 4 is 28.6 Å². The molecule has 2 heterocycles. The van der Waals surface area contributed by atoms with Gasteiger partial charge in [-0.15, -0.1) is 18.3 Å². The molecular formula is C35H37F3N6O2S. The van der Waals surface area contributed by atoms with Crippen molar-refractivity contribution < 1.29 is 22.7 Å². The Morgan fingerprint density at radius 1 is 1.06 bits per heavy atom. The van der Waals surface area contributed by atoms with Gasteiger partial charge in [0.25, 0.3) is 0 Å². The van der Waals surface area contributed by atoms with Crippen molar-refractivity contribution in [2.75, 3.05) is 17.2 Å². The summed E-state index contributed by atoms with van der Waals surface area (Å²) in [4.78, 5) is 24.5. The molecular weight excluding hydrogens is 625 g/mol. The summed E-state index contributed by atoms with van der Waals surface area (Å²) >= 11 is 1.64. The summed E-state index contributed by atoms with van der Waals surface area (Å²) in [6.45, 7) is 5.12. The molecule has 47 heavy (non-hydrogen) atoms. The van der Waals surface area contributed by atoms with Crippen LogP contribution in [0, 0.1) is 6.92 Å². The predicted molar refractivity (Wildman–Crippen MR) is 179 cm³/mol. The second kappa shape index (κ2) is 14.2. The van der Waals surface area contributed by atoms with Gasteiger partial charge in [0.15, 0.2) is 11.0 Å². The number of halogens is 3. The second-order valence-corrected chi connectivity index (χ2v) is 13.0. The number of amidine groups is 1. The van der Waals surface area contributed by atoms with E-state index in [2.05, 4.69) is 62.1 Å². The summed E-state index contributed by atoms with van der Waals surface area (Å²) in [6, 6.07) is 19.7. The molecule has 0 spiro atoms. The monoisotopic (exact) mass is 662 g/mol. The number of urea groups is 1. The van der Waals surface area contributed by atoms with E-state index in [1.165, 1.54) is 46.4 Å². The number of alkyl halides is 3. The number of benzene rings is 3. The summed E-state index contributed by atoms with van der Waals surface area (Å²) in [5.41, 5.74) is 6.11. The van der Waals surface area contributed by atoms with Gasteiger partial charge in [0, 0.05) is 35.5 Å². The van der Waals surface area contributed by atoms with Crippen LogP contribution in [0.3, 0.4) is 0 Å². The van der Waals surface area contributed by atoms with E-state index in [4.69, 9.17) is 0 Å². The van der Waals surface area contributed by atoms with E-state index in [-0.39, 0.29) is 23.7 Å². The maximum Gasteiger partial charge on any atom is 0.573 e. The van der Waals surface area contributed by atoms with E-state index in [1.807, 2.05) is 24.3 Å². The van der Waals surface area contributed by atoms with Crippen LogP contribution < -0.4 is 15.0 Å². The number of aliphatic imine (C=N–C) groups is 1. The topological polar surface area (TPSA) is 84.6 Å². The molecule has 2 fully saturated rings. The number of hydrogen-bond acceptors (Lipinski definition) is 5. The van der Waals surface area contributed by atoms with Gasteiger partial charge in [0.2, 0.25) is 0 Å². The number of hydrogen-bond donors (Lipinski definition) is 1. The number of nitrogens with one attached hydrogen (secondary N) is 1. The highest BCUT2D eigenvalue weighted by atomic mass is 32.2. The molecule has 2 unspecified atom stereocenters. The van der Waals surface area contributed by atoms with Crippen LogP contribution in [0.1, 0.15) is 61.6 Å². The third kappa shape index (κ3) is 7.98. The van der Waals surface area contributed by atoms with E-state index in [9.17, 15) is 18.0 Å². The van der Waals surface area contributed by atoms with Gasteiger partial charge in [-0.2, -0.15) is 4.99 Å². The molecule has 2 amide bonds. The summed E-state index contributed by atoms with van der Waals surface area (Å²) in [5, 5.41) is 8.48. The number of amides is 2. The summed E-state index contributed by atoms with van der Waals surface area (Å²) in [5.74, 6) is 1.29. The zero-order valence-corrected chi connectivity index (χ0v) is 27.2. The van der Waals surface area contributed by atoms with E-state index in [0.717, 1.165) is 72.8 Å². The van der Waals surface area contributed by atoms with Crippen molar-refractivity contribution in [1.82, 2.24) is 20.1 Å². The van der Waals surface area contributed by atoms with Gasteiger partial charge in [-0.05, 0) is 79.6 Å². The molecule has 0 radical (unpaired) electrons. The molecule has 12 heteroatoms. The van der Waals surface area contributed by atoms with Crippen LogP contribution in [0.2, 0.25) is 0 Å². The number of carbonyl (C=O) groups is 1. The quantitative estimate of drug-likeness (QED) is 0.204. The molecule has 1 N–H and O–H groups in total. The third-order valence-corrected chi connectivity index (χ3v) is 9.55. The average Bonchev–Trinajstić information content (AvgIpc) is 3.73. The van der Waals surface area contributed by atoms with Crippen molar-refractivity contribution in [1.29, 1.82) is 0 Å². The van der Waals surface area contributed by atoms with Crippen LogP contribution in [0.15, 0.2) is 78.0 Å². The van der Waals surface area contributed by atoms with Crippen LogP contribution in [0.5, 0.6) is 5.75 Å². The van der Waals surface area contributed by atoms with Gasteiger partial charge in [-0.3, -0.25) is 0 Å². The van der Waals surface area contributed by atoms with Gasteiger partial charge in [0.05, 0.1) is 5.69 Å². The minimum absolute atomic E-state index is 0.0176. The number of aryl methyl sites for hydroxylation is 2. The molecule has 246 valence electrons. The number of thioether (sulfide) groups is 1. The van der Waals surface area contributed by atoms with Crippen LogP contribution in [0.25, 0.3) is 17.1 Å². The SMILES string of the molecule is CCCc1ccc(C)cc1N1CCCS/C1=N\C(=O)NC1CCCC1c1ccc(-c2ncn(-c3ccc(OC(F)(F)F)cc3)n2)cc1. The molecule has 8 nitrogen and oxygen atoms in total. The van der Waals surface area contributed by atoms with E-state index in [1.54, 1.807) is 11.8 Å². The number of aromatic nitrogens is 3. The lowest BCUT2D eigenvalue weighted by Crippen LogP contribution is -2.39. The van der Waals surface area contributed by atoms with Crippen molar-refractivity contribution in [2.45, 2.75) is 70.7 Å².